The van der Waals surface area contributed by atoms with Crippen molar-refractivity contribution in [1.29, 1.82) is 0 Å². The summed E-state index contributed by atoms with van der Waals surface area (Å²) in [7, 11) is 0. The first kappa shape index (κ1) is 9.69. The summed E-state index contributed by atoms with van der Waals surface area (Å²) in [6, 6.07) is 0. The lowest BCUT2D eigenvalue weighted by atomic mass is 9.71. The van der Waals surface area contributed by atoms with E-state index >= 15 is 0 Å². The Labute approximate surface area is 87.1 Å². The van der Waals surface area contributed by atoms with Crippen LogP contribution in [0.4, 0.5) is 0 Å². The van der Waals surface area contributed by atoms with Crippen molar-refractivity contribution in [3.05, 3.63) is 11.6 Å². The van der Waals surface area contributed by atoms with Crippen molar-refractivity contribution in [3.8, 4) is 0 Å². The maximum atomic E-state index is 10.1. The van der Waals surface area contributed by atoms with Gasteiger partial charge in [-0.05, 0) is 12.0 Å². The van der Waals surface area contributed by atoms with E-state index in [4.69, 9.17) is 4.74 Å². The quantitative estimate of drug-likeness (QED) is 0.523. The summed E-state index contributed by atoms with van der Waals surface area (Å²) < 4.78 is 5.51. The minimum absolute atomic E-state index is 0.0873. The average molecular weight is 247 g/mol. The molecule has 74 valence electrons. The van der Waals surface area contributed by atoms with Crippen LogP contribution in [-0.2, 0) is 4.74 Å². The predicted octanol–water partition coefficient (Wildman–Crippen LogP) is 1.87. The fourth-order valence-corrected chi connectivity index (χ4v) is 2.66. The van der Waals surface area contributed by atoms with Gasteiger partial charge in [-0.1, -0.05) is 35.9 Å². The van der Waals surface area contributed by atoms with Crippen molar-refractivity contribution < 1.29 is 9.84 Å². The molecule has 0 aromatic rings. The number of rotatable bonds is 0. The summed E-state index contributed by atoms with van der Waals surface area (Å²) in [6.07, 6.45) is 2.77. The highest BCUT2D eigenvalue weighted by molar-refractivity contribution is 9.09. The Balaban J connectivity index is 2.28. The highest BCUT2D eigenvalue weighted by Gasteiger charge is 2.46. The van der Waals surface area contributed by atoms with Gasteiger partial charge in [0.1, 0.15) is 0 Å². The van der Waals surface area contributed by atoms with Gasteiger partial charge in [-0.3, -0.25) is 0 Å². The maximum Gasteiger partial charge on any atom is 0.0837 e. The smallest absolute Gasteiger partial charge is 0.0837 e. The zero-order valence-electron chi connectivity index (χ0n) is 7.96. The Morgan fingerprint density at radius 3 is 3.00 bits per heavy atom. The Morgan fingerprint density at radius 1 is 1.62 bits per heavy atom. The van der Waals surface area contributed by atoms with Crippen molar-refractivity contribution >= 4 is 15.9 Å². The molecule has 0 aromatic heterocycles. The molecule has 0 saturated heterocycles. The van der Waals surface area contributed by atoms with Gasteiger partial charge in [0, 0.05) is 10.2 Å². The molecule has 0 spiro atoms. The fraction of sp³-hybridized carbons (Fsp3) is 0.800. The van der Waals surface area contributed by atoms with E-state index < -0.39 is 0 Å². The van der Waals surface area contributed by atoms with Crippen LogP contribution in [0, 0.1) is 5.41 Å². The molecule has 0 bridgehead atoms. The number of ether oxygens (including phenoxy) is 1. The lowest BCUT2D eigenvalue weighted by Gasteiger charge is -2.43. The topological polar surface area (TPSA) is 29.5 Å². The van der Waals surface area contributed by atoms with Crippen LogP contribution < -0.4 is 0 Å². The summed E-state index contributed by atoms with van der Waals surface area (Å²) >= 11 is 3.62. The third-order valence-corrected chi connectivity index (χ3v) is 4.79. The molecule has 0 aromatic carbocycles. The average Bonchev–Trinajstić information content (AvgIpc) is 2.49. The van der Waals surface area contributed by atoms with E-state index in [1.165, 1.54) is 0 Å². The largest absolute Gasteiger partial charge is 0.388 e. The van der Waals surface area contributed by atoms with E-state index in [2.05, 4.69) is 29.8 Å². The minimum atomic E-state index is -0.363. The standard InChI is InChI=1S/C10H15BrO2/c1-10(2)8(11)5-7-6(9(10)12)3-4-13-7/h3,7-9,12H,4-5H2,1-2H3. The Morgan fingerprint density at radius 2 is 2.31 bits per heavy atom. The summed E-state index contributed by atoms with van der Waals surface area (Å²) in [6.45, 7) is 4.84. The van der Waals surface area contributed by atoms with Crippen LogP contribution in [-0.4, -0.2) is 28.7 Å². The fourth-order valence-electron chi connectivity index (χ4n) is 2.07. The van der Waals surface area contributed by atoms with Crippen molar-refractivity contribution in [1.82, 2.24) is 0 Å². The van der Waals surface area contributed by atoms with Gasteiger partial charge in [0.15, 0.2) is 0 Å². The van der Waals surface area contributed by atoms with Crippen LogP contribution >= 0.6 is 15.9 Å². The van der Waals surface area contributed by atoms with Gasteiger partial charge in [-0.2, -0.15) is 0 Å². The van der Waals surface area contributed by atoms with Gasteiger partial charge in [0.2, 0.25) is 0 Å². The Kier molecular flexibility index (Phi) is 2.29. The molecule has 2 rings (SSSR count). The molecule has 1 heterocycles. The zero-order chi connectivity index (χ0) is 9.64. The summed E-state index contributed by atoms with van der Waals surface area (Å²) in [5.41, 5.74) is 0.997. The summed E-state index contributed by atoms with van der Waals surface area (Å²) in [5.74, 6) is 0. The monoisotopic (exact) mass is 246 g/mol. The Bertz CT molecular complexity index is 247. The highest BCUT2D eigenvalue weighted by atomic mass is 79.9. The minimum Gasteiger partial charge on any atom is -0.388 e. The van der Waals surface area contributed by atoms with E-state index in [1.807, 2.05) is 6.08 Å². The van der Waals surface area contributed by atoms with Crippen LogP contribution in [0.2, 0.25) is 0 Å². The summed E-state index contributed by atoms with van der Waals surface area (Å²) in [5, 5.41) is 10.1. The van der Waals surface area contributed by atoms with E-state index in [-0.39, 0.29) is 17.6 Å². The first-order valence-corrected chi connectivity index (χ1v) is 5.58. The zero-order valence-corrected chi connectivity index (χ0v) is 9.54. The molecule has 1 aliphatic carbocycles. The maximum absolute atomic E-state index is 10.1. The first-order valence-electron chi connectivity index (χ1n) is 4.67. The first-order chi connectivity index (χ1) is 6.03. The van der Waals surface area contributed by atoms with Crippen LogP contribution in [0.3, 0.4) is 0 Å². The van der Waals surface area contributed by atoms with Crippen molar-refractivity contribution in [2.24, 2.45) is 5.41 Å². The highest BCUT2D eigenvalue weighted by Crippen LogP contribution is 2.45. The molecule has 1 N–H and O–H groups in total. The number of hydrogen-bond acceptors (Lipinski definition) is 2. The van der Waals surface area contributed by atoms with Gasteiger partial charge in [0.25, 0.3) is 0 Å². The molecule has 0 radical (unpaired) electrons. The van der Waals surface area contributed by atoms with Crippen LogP contribution in [0.15, 0.2) is 11.6 Å². The van der Waals surface area contributed by atoms with Gasteiger partial charge in [0.05, 0.1) is 18.8 Å². The molecule has 2 aliphatic rings. The van der Waals surface area contributed by atoms with Crippen LogP contribution in [0.1, 0.15) is 20.3 Å². The van der Waals surface area contributed by atoms with Crippen LogP contribution in [0.5, 0.6) is 0 Å². The molecule has 0 amide bonds. The molecule has 1 fully saturated rings. The molecular formula is C10H15BrO2. The second-order valence-corrected chi connectivity index (χ2v) is 5.56. The van der Waals surface area contributed by atoms with Gasteiger partial charge >= 0.3 is 0 Å². The van der Waals surface area contributed by atoms with E-state index in [0.717, 1.165) is 12.0 Å². The van der Waals surface area contributed by atoms with Crippen molar-refractivity contribution in [2.45, 2.75) is 37.3 Å². The number of aliphatic hydroxyl groups is 1. The SMILES string of the molecule is CC1(C)C(Br)CC2OCC=C2C1O. The lowest BCUT2D eigenvalue weighted by molar-refractivity contribution is 0.00812. The molecule has 13 heavy (non-hydrogen) atoms. The third kappa shape index (κ3) is 1.37. The summed E-state index contributed by atoms with van der Waals surface area (Å²) in [4.78, 5) is 0.329. The lowest BCUT2D eigenvalue weighted by Crippen LogP contribution is -2.47. The van der Waals surface area contributed by atoms with E-state index in [9.17, 15) is 5.11 Å². The number of hydrogen-bond donors (Lipinski definition) is 1. The van der Waals surface area contributed by atoms with Gasteiger partial charge in [-0.25, -0.2) is 0 Å². The molecule has 3 heteroatoms. The van der Waals surface area contributed by atoms with Crippen molar-refractivity contribution in [3.63, 3.8) is 0 Å². The normalized spacial score (nSPS) is 42.8. The van der Waals surface area contributed by atoms with Gasteiger partial charge < -0.3 is 9.84 Å². The Hall–Kier alpha value is 0.140. The number of halogens is 1. The number of aliphatic hydroxyl groups excluding tert-OH is 1. The third-order valence-electron chi connectivity index (χ3n) is 3.24. The molecule has 1 saturated carbocycles. The van der Waals surface area contributed by atoms with Gasteiger partial charge in [-0.15, -0.1) is 0 Å². The molecular weight excluding hydrogens is 232 g/mol. The second-order valence-electron chi connectivity index (χ2n) is 4.45. The predicted molar refractivity (Wildman–Crippen MR) is 54.9 cm³/mol. The molecule has 3 atom stereocenters. The van der Waals surface area contributed by atoms with E-state index in [0.29, 0.717) is 11.4 Å². The molecule has 1 aliphatic heterocycles. The molecule has 3 unspecified atom stereocenters. The number of alkyl halides is 1. The van der Waals surface area contributed by atoms with Crippen molar-refractivity contribution in [2.75, 3.05) is 6.61 Å². The second kappa shape index (κ2) is 3.07. The molecule has 2 nitrogen and oxygen atoms in total. The van der Waals surface area contributed by atoms with E-state index in [1.54, 1.807) is 0 Å². The number of fused-ring (bicyclic) bond motifs is 1. The van der Waals surface area contributed by atoms with Crippen LogP contribution in [0.25, 0.3) is 0 Å².